The lowest BCUT2D eigenvalue weighted by Gasteiger charge is -1.93. The van der Waals surface area contributed by atoms with Gasteiger partial charge in [-0.3, -0.25) is 4.79 Å². The Labute approximate surface area is 54.1 Å². The van der Waals surface area contributed by atoms with E-state index in [0.717, 1.165) is 13.0 Å². The molecular formula is C6H11NO2. The summed E-state index contributed by atoms with van der Waals surface area (Å²) in [6.45, 7) is 2.85. The van der Waals surface area contributed by atoms with Crippen molar-refractivity contribution in [3.8, 4) is 0 Å². The number of rotatable bonds is 3. The smallest absolute Gasteiger partial charge is 0.308 e. The lowest BCUT2D eigenvalue weighted by molar-refractivity contribution is -0.138. The Morgan fingerprint density at radius 2 is 2.56 bits per heavy atom. The molecule has 9 heavy (non-hydrogen) atoms. The van der Waals surface area contributed by atoms with Gasteiger partial charge in [-0.25, -0.2) is 0 Å². The van der Waals surface area contributed by atoms with Gasteiger partial charge in [-0.15, -0.1) is 0 Å². The molecular weight excluding hydrogens is 118 g/mol. The van der Waals surface area contributed by atoms with E-state index in [2.05, 4.69) is 5.32 Å². The fourth-order valence-electron chi connectivity index (χ4n) is 0.956. The van der Waals surface area contributed by atoms with Gasteiger partial charge in [-0.2, -0.15) is 0 Å². The van der Waals surface area contributed by atoms with Crippen molar-refractivity contribution in [3.05, 3.63) is 0 Å². The Hall–Kier alpha value is -0.570. The maximum Gasteiger partial charge on any atom is 0.308 e. The van der Waals surface area contributed by atoms with Crippen LogP contribution >= 0.6 is 0 Å². The van der Waals surface area contributed by atoms with Crippen LogP contribution < -0.4 is 5.32 Å². The average molecular weight is 129 g/mol. The minimum atomic E-state index is -0.666. The van der Waals surface area contributed by atoms with E-state index < -0.39 is 5.97 Å². The lowest BCUT2D eigenvalue weighted by Crippen LogP contribution is -2.19. The summed E-state index contributed by atoms with van der Waals surface area (Å²) < 4.78 is 0. The summed E-state index contributed by atoms with van der Waals surface area (Å²) in [5, 5.41) is 11.5. The topological polar surface area (TPSA) is 49.3 Å². The first-order valence-corrected chi connectivity index (χ1v) is 3.22. The number of aliphatic carboxylic acids is 1. The van der Waals surface area contributed by atoms with Crippen molar-refractivity contribution in [2.24, 2.45) is 5.92 Å². The molecule has 0 amide bonds. The first-order chi connectivity index (χ1) is 4.25. The van der Waals surface area contributed by atoms with Gasteiger partial charge in [0.25, 0.3) is 0 Å². The fraction of sp³-hybridized carbons (Fsp3) is 0.833. The van der Waals surface area contributed by atoms with E-state index in [-0.39, 0.29) is 12.0 Å². The maximum absolute atomic E-state index is 10.2. The standard InChI is InChI=1S/C6H11NO2/c1-2-7-5-3-4(5)6(8)9/h4-5,7H,2-3H2,1H3,(H,8,9). The second kappa shape index (κ2) is 2.35. The van der Waals surface area contributed by atoms with Crippen molar-refractivity contribution in [2.45, 2.75) is 19.4 Å². The molecule has 3 nitrogen and oxygen atoms in total. The SMILES string of the molecule is CCNC1CC1C(=O)O. The van der Waals surface area contributed by atoms with E-state index >= 15 is 0 Å². The van der Waals surface area contributed by atoms with Crippen molar-refractivity contribution >= 4 is 5.97 Å². The third-order valence-electron chi connectivity index (χ3n) is 1.57. The van der Waals surface area contributed by atoms with E-state index in [1.165, 1.54) is 0 Å². The third-order valence-corrected chi connectivity index (χ3v) is 1.57. The Morgan fingerprint density at radius 1 is 1.89 bits per heavy atom. The molecule has 2 unspecified atom stereocenters. The molecule has 1 saturated carbocycles. The van der Waals surface area contributed by atoms with Gasteiger partial charge >= 0.3 is 5.97 Å². The molecule has 0 radical (unpaired) electrons. The summed E-state index contributed by atoms with van der Waals surface area (Å²) in [7, 11) is 0. The zero-order valence-electron chi connectivity index (χ0n) is 5.42. The minimum Gasteiger partial charge on any atom is -0.481 e. The van der Waals surface area contributed by atoms with Crippen molar-refractivity contribution in [2.75, 3.05) is 6.54 Å². The van der Waals surface area contributed by atoms with E-state index in [1.807, 2.05) is 6.92 Å². The summed E-state index contributed by atoms with van der Waals surface area (Å²) in [5.74, 6) is -0.772. The molecule has 3 heteroatoms. The number of carboxylic acid groups (broad SMARTS) is 1. The highest BCUT2D eigenvalue weighted by Crippen LogP contribution is 2.29. The molecule has 0 aromatic rings. The van der Waals surface area contributed by atoms with Crippen molar-refractivity contribution in [1.29, 1.82) is 0 Å². The Bertz CT molecular complexity index is 124. The Balaban J connectivity index is 2.17. The van der Waals surface area contributed by atoms with Gasteiger partial charge in [0, 0.05) is 6.04 Å². The first-order valence-electron chi connectivity index (χ1n) is 3.22. The summed E-state index contributed by atoms with van der Waals surface area (Å²) in [5.41, 5.74) is 0. The summed E-state index contributed by atoms with van der Waals surface area (Å²) >= 11 is 0. The van der Waals surface area contributed by atoms with Crippen LogP contribution in [0.15, 0.2) is 0 Å². The molecule has 0 saturated heterocycles. The fourth-order valence-corrected chi connectivity index (χ4v) is 0.956. The van der Waals surface area contributed by atoms with E-state index in [4.69, 9.17) is 5.11 Å². The molecule has 0 spiro atoms. The number of carbonyl (C=O) groups is 1. The van der Waals surface area contributed by atoms with Crippen LogP contribution in [0.3, 0.4) is 0 Å². The maximum atomic E-state index is 10.2. The molecule has 52 valence electrons. The van der Waals surface area contributed by atoms with Crippen molar-refractivity contribution < 1.29 is 9.90 Å². The molecule has 0 bridgehead atoms. The van der Waals surface area contributed by atoms with Crippen LogP contribution in [0.4, 0.5) is 0 Å². The quantitative estimate of drug-likeness (QED) is 0.567. The second-order valence-electron chi connectivity index (χ2n) is 2.34. The van der Waals surface area contributed by atoms with Gasteiger partial charge < -0.3 is 10.4 Å². The van der Waals surface area contributed by atoms with Gasteiger partial charge in [0.2, 0.25) is 0 Å². The molecule has 1 rings (SSSR count). The Kier molecular flexibility index (Phi) is 1.71. The van der Waals surface area contributed by atoms with Crippen LogP contribution in [-0.2, 0) is 4.79 Å². The zero-order chi connectivity index (χ0) is 6.85. The highest BCUT2D eigenvalue weighted by atomic mass is 16.4. The molecule has 1 aliphatic carbocycles. The molecule has 0 aliphatic heterocycles. The highest BCUT2D eigenvalue weighted by Gasteiger charge is 2.42. The predicted molar refractivity (Wildman–Crippen MR) is 33.2 cm³/mol. The van der Waals surface area contributed by atoms with Crippen LogP contribution in [0, 0.1) is 5.92 Å². The zero-order valence-corrected chi connectivity index (χ0v) is 5.42. The van der Waals surface area contributed by atoms with E-state index in [1.54, 1.807) is 0 Å². The highest BCUT2D eigenvalue weighted by molar-refractivity contribution is 5.74. The van der Waals surface area contributed by atoms with Gasteiger partial charge in [-0.1, -0.05) is 6.92 Å². The van der Waals surface area contributed by atoms with Crippen LogP contribution in [-0.4, -0.2) is 23.7 Å². The molecule has 0 heterocycles. The summed E-state index contributed by atoms with van der Waals surface area (Å²) in [6.07, 6.45) is 0.809. The number of nitrogens with one attached hydrogen (secondary N) is 1. The Morgan fingerprint density at radius 3 is 2.89 bits per heavy atom. The number of hydrogen-bond acceptors (Lipinski definition) is 2. The van der Waals surface area contributed by atoms with Crippen LogP contribution in [0.1, 0.15) is 13.3 Å². The predicted octanol–water partition coefficient (Wildman–Crippen LogP) is 0.0690. The third kappa shape index (κ3) is 1.42. The van der Waals surface area contributed by atoms with E-state index in [0.29, 0.717) is 0 Å². The van der Waals surface area contributed by atoms with E-state index in [9.17, 15) is 4.79 Å². The molecule has 0 aromatic carbocycles. The summed E-state index contributed by atoms with van der Waals surface area (Å²) in [6, 6.07) is 0.257. The number of carboxylic acids is 1. The van der Waals surface area contributed by atoms with Gasteiger partial charge in [0.1, 0.15) is 0 Å². The first kappa shape index (κ1) is 6.55. The lowest BCUT2D eigenvalue weighted by atomic mass is 10.4. The van der Waals surface area contributed by atoms with Crippen molar-refractivity contribution in [1.82, 2.24) is 5.32 Å². The average Bonchev–Trinajstić information content (AvgIpc) is 2.47. The van der Waals surface area contributed by atoms with Crippen LogP contribution in [0.2, 0.25) is 0 Å². The summed E-state index contributed by atoms with van der Waals surface area (Å²) in [4.78, 5) is 10.2. The molecule has 2 N–H and O–H groups in total. The largest absolute Gasteiger partial charge is 0.481 e. The van der Waals surface area contributed by atoms with Crippen LogP contribution in [0.5, 0.6) is 0 Å². The molecule has 2 atom stereocenters. The molecule has 1 aliphatic rings. The van der Waals surface area contributed by atoms with Crippen molar-refractivity contribution in [3.63, 3.8) is 0 Å². The van der Waals surface area contributed by atoms with Crippen LogP contribution in [0.25, 0.3) is 0 Å². The molecule has 1 fully saturated rings. The van der Waals surface area contributed by atoms with Gasteiger partial charge in [0.05, 0.1) is 5.92 Å². The minimum absolute atomic E-state index is 0.107. The van der Waals surface area contributed by atoms with Gasteiger partial charge in [0.15, 0.2) is 0 Å². The number of hydrogen-bond donors (Lipinski definition) is 2. The molecule has 0 aromatic heterocycles. The second-order valence-corrected chi connectivity index (χ2v) is 2.34. The van der Waals surface area contributed by atoms with Gasteiger partial charge in [-0.05, 0) is 13.0 Å². The normalized spacial score (nSPS) is 32.1. The monoisotopic (exact) mass is 129 g/mol.